The number of nitrogens with one attached hydrogen (secondary N) is 1. The van der Waals surface area contributed by atoms with Gasteiger partial charge in [-0.3, -0.25) is 9.59 Å². The van der Waals surface area contributed by atoms with Gasteiger partial charge in [0, 0.05) is 32.0 Å². The highest BCUT2D eigenvalue weighted by Crippen LogP contribution is 2.36. The molecule has 0 radical (unpaired) electrons. The Hall–Kier alpha value is -2.05. The van der Waals surface area contributed by atoms with Gasteiger partial charge in [-0.05, 0) is 24.0 Å². The highest BCUT2D eigenvalue weighted by atomic mass is 19.4. The predicted molar refractivity (Wildman–Crippen MR) is 97.0 cm³/mol. The van der Waals surface area contributed by atoms with Crippen LogP contribution in [0, 0.1) is 11.8 Å². The minimum Gasteiger partial charge on any atom is -0.356 e. The number of hydrogen-bond acceptors (Lipinski definition) is 2. The Morgan fingerprint density at radius 1 is 1.26 bits per heavy atom. The van der Waals surface area contributed by atoms with Crippen molar-refractivity contribution in [2.75, 3.05) is 19.6 Å². The Morgan fingerprint density at radius 3 is 2.56 bits per heavy atom. The number of benzene rings is 1. The molecule has 0 aromatic heterocycles. The van der Waals surface area contributed by atoms with Gasteiger partial charge in [0.1, 0.15) is 0 Å². The van der Waals surface area contributed by atoms with Crippen LogP contribution in [-0.4, -0.2) is 36.3 Å². The quantitative estimate of drug-likeness (QED) is 0.811. The van der Waals surface area contributed by atoms with Crippen molar-refractivity contribution < 1.29 is 22.8 Å². The zero-order valence-electron chi connectivity index (χ0n) is 16.0. The van der Waals surface area contributed by atoms with Gasteiger partial charge in [-0.15, -0.1) is 0 Å². The molecular formula is C20H27F3N2O2. The van der Waals surface area contributed by atoms with Gasteiger partial charge in [0.25, 0.3) is 0 Å². The third kappa shape index (κ3) is 5.47. The summed E-state index contributed by atoms with van der Waals surface area (Å²) >= 11 is 0. The molecule has 1 aromatic carbocycles. The lowest BCUT2D eigenvalue weighted by Gasteiger charge is -2.19. The summed E-state index contributed by atoms with van der Waals surface area (Å²) in [6, 6.07) is 5.08. The lowest BCUT2D eigenvalue weighted by atomic mass is 9.87. The Morgan fingerprint density at radius 2 is 1.96 bits per heavy atom. The lowest BCUT2D eigenvalue weighted by Crippen LogP contribution is -2.36. The van der Waals surface area contributed by atoms with Crippen molar-refractivity contribution in [3.05, 3.63) is 35.4 Å². The van der Waals surface area contributed by atoms with E-state index in [9.17, 15) is 22.8 Å². The molecule has 2 unspecified atom stereocenters. The highest BCUT2D eigenvalue weighted by Gasteiger charge is 2.40. The average Bonchev–Trinajstić information content (AvgIpc) is 3.05. The van der Waals surface area contributed by atoms with Crippen molar-refractivity contribution in [3.63, 3.8) is 0 Å². The van der Waals surface area contributed by atoms with Crippen LogP contribution in [0.4, 0.5) is 13.2 Å². The van der Waals surface area contributed by atoms with Gasteiger partial charge in [-0.25, -0.2) is 0 Å². The van der Waals surface area contributed by atoms with Gasteiger partial charge in [0.05, 0.1) is 11.5 Å². The molecule has 27 heavy (non-hydrogen) atoms. The Bertz CT molecular complexity index is 673. The molecular weight excluding hydrogens is 357 g/mol. The number of hydrogen-bond donors (Lipinski definition) is 1. The zero-order chi connectivity index (χ0) is 20.2. The monoisotopic (exact) mass is 384 g/mol. The van der Waals surface area contributed by atoms with Crippen LogP contribution in [0.25, 0.3) is 0 Å². The van der Waals surface area contributed by atoms with Crippen LogP contribution in [0.3, 0.4) is 0 Å². The third-order valence-corrected chi connectivity index (χ3v) is 4.97. The summed E-state index contributed by atoms with van der Waals surface area (Å²) in [5, 5.41) is 2.88. The summed E-state index contributed by atoms with van der Waals surface area (Å²) in [5.41, 5.74) is -0.292. The summed E-state index contributed by atoms with van der Waals surface area (Å²) in [7, 11) is 0. The molecule has 1 N–H and O–H groups in total. The van der Waals surface area contributed by atoms with Crippen LogP contribution < -0.4 is 5.32 Å². The van der Waals surface area contributed by atoms with E-state index in [1.165, 1.54) is 6.07 Å². The topological polar surface area (TPSA) is 49.4 Å². The summed E-state index contributed by atoms with van der Waals surface area (Å²) in [5.74, 6) is -0.849. The number of rotatable bonds is 6. The number of alkyl halides is 3. The number of nitrogens with zero attached hydrogens (tertiary/aromatic N) is 1. The molecule has 0 aliphatic carbocycles. The smallest absolute Gasteiger partial charge is 0.356 e. The SMILES string of the molecule is CCC(=O)N1CC(C(=O)NCCC(C)C)C(c2cccc(C(F)(F)F)c2)C1. The van der Waals surface area contributed by atoms with Gasteiger partial charge in [-0.1, -0.05) is 39.0 Å². The molecule has 7 heteroatoms. The maximum Gasteiger partial charge on any atom is 0.416 e. The number of carbonyl (C=O) groups is 2. The standard InChI is InChI=1S/C20H27F3N2O2/c1-4-18(26)25-11-16(14-6-5-7-15(10-14)20(21,22)23)17(12-25)19(27)24-9-8-13(2)3/h5-7,10,13,16-17H,4,8-9,11-12H2,1-3H3,(H,24,27). The van der Waals surface area contributed by atoms with Gasteiger partial charge in [0.2, 0.25) is 11.8 Å². The summed E-state index contributed by atoms with van der Waals surface area (Å²) in [4.78, 5) is 26.4. The first-order chi connectivity index (χ1) is 12.6. The van der Waals surface area contributed by atoms with Gasteiger partial charge < -0.3 is 10.2 Å². The van der Waals surface area contributed by atoms with Gasteiger partial charge in [0.15, 0.2) is 0 Å². The van der Waals surface area contributed by atoms with Crippen LogP contribution >= 0.6 is 0 Å². The molecule has 1 saturated heterocycles. The molecule has 0 spiro atoms. The minimum atomic E-state index is -4.44. The molecule has 150 valence electrons. The van der Waals surface area contributed by atoms with Crippen molar-refractivity contribution in [2.24, 2.45) is 11.8 Å². The van der Waals surface area contributed by atoms with E-state index in [0.29, 0.717) is 24.4 Å². The fraction of sp³-hybridized carbons (Fsp3) is 0.600. The molecule has 0 saturated carbocycles. The highest BCUT2D eigenvalue weighted by molar-refractivity contribution is 5.83. The first kappa shape index (κ1) is 21.3. The van der Waals surface area contributed by atoms with Crippen LogP contribution in [0.5, 0.6) is 0 Å². The molecule has 0 bridgehead atoms. The van der Waals surface area contributed by atoms with Gasteiger partial charge in [-0.2, -0.15) is 13.2 Å². The average molecular weight is 384 g/mol. The summed E-state index contributed by atoms with van der Waals surface area (Å²) in [6.45, 7) is 6.85. The summed E-state index contributed by atoms with van der Waals surface area (Å²) < 4.78 is 39.2. The largest absolute Gasteiger partial charge is 0.416 e. The van der Waals surface area contributed by atoms with Crippen molar-refractivity contribution in [1.29, 1.82) is 0 Å². The van der Waals surface area contributed by atoms with Crippen molar-refractivity contribution in [3.8, 4) is 0 Å². The molecule has 1 aromatic rings. The number of halogens is 3. The zero-order valence-corrected chi connectivity index (χ0v) is 16.0. The van der Waals surface area contributed by atoms with E-state index < -0.39 is 23.6 Å². The number of carbonyl (C=O) groups excluding carboxylic acids is 2. The van der Waals surface area contributed by atoms with E-state index >= 15 is 0 Å². The molecule has 1 heterocycles. The van der Waals surface area contributed by atoms with E-state index in [-0.39, 0.29) is 24.9 Å². The molecule has 2 atom stereocenters. The maximum atomic E-state index is 13.1. The number of amides is 2. The van der Waals surface area contributed by atoms with Crippen LogP contribution in [0.15, 0.2) is 24.3 Å². The first-order valence-electron chi connectivity index (χ1n) is 9.36. The second-order valence-electron chi connectivity index (χ2n) is 7.46. The normalized spacial score (nSPS) is 20.2. The molecule has 4 nitrogen and oxygen atoms in total. The Kier molecular flexibility index (Phi) is 6.89. The molecule has 2 rings (SSSR count). The third-order valence-electron chi connectivity index (χ3n) is 4.97. The fourth-order valence-electron chi connectivity index (χ4n) is 3.40. The molecule has 1 aliphatic rings. The van der Waals surface area contributed by atoms with E-state index in [1.54, 1.807) is 17.9 Å². The van der Waals surface area contributed by atoms with Crippen molar-refractivity contribution >= 4 is 11.8 Å². The Balaban J connectivity index is 2.24. The van der Waals surface area contributed by atoms with Crippen molar-refractivity contribution in [1.82, 2.24) is 10.2 Å². The second-order valence-corrected chi connectivity index (χ2v) is 7.46. The van der Waals surface area contributed by atoms with E-state index in [0.717, 1.165) is 18.6 Å². The Labute approximate surface area is 158 Å². The first-order valence-corrected chi connectivity index (χ1v) is 9.36. The van der Waals surface area contributed by atoms with Crippen LogP contribution in [-0.2, 0) is 15.8 Å². The predicted octanol–water partition coefficient (Wildman–Crippen LogP) is 3.82. The second kappa shape index (κ2) is 8.76. The van der Waals surface area contributed by atoms with Crippen molar-refractivity contribution in [2.45, 2.75) is 45.7 Å². The maximum absolute atomic E-state index is 13.1. The molecule has 1 aliphatic heterocycles. The van der Waals surface area contributed by atoms with E-state index in [1.807, 2.05) is 0 Å². The van der Waals surface area contributed by atoms with Gasteiger partial charge >= 0.3 is 6.18 Å². The molecule has 1 fully saturated rings. The minimum absolute atomic E-state index is 0.0931. The number of likely N-dealkylation sites (tertiary alicyclic amines) is 1. The molecule has 2 amide bonds. The fourth-order valence-corrected chi connectivity index (χ4v) is 3.40. The summed E-state index contributed by atoms with van der Waals surface area (Å²) in [6.07, 6.45) is -3.32. The van der Waals surface area contributed by atoms with E-state index in [2.05, 4.69) is 19.2 Å². The lowest BCUT2D eigenvalue weighted by molar-refractivity contribution is -0.137. The van der Waals surface area contributed by atoms with Crippen LogP contribution in [0.2, 0.25) is 0 Å². The van der Waals surface area contributed by atoms with Crippen LogP contribution in [0.1, 0.15) is 50.7 Å². The van der Waals surface area contributed by atoms with E-state index in [4.69, 9.17) is 0 Å².